The fourth-order valence-corrected chi connectivity index (χ4v) is 3.82. The molecule has 0 aliphatic rings. The van der Waals surface area contributed by atoms with Crippen LogP contribution in [0.1, 0.15) is 23.3 Å². The highest BCUT2D eigenvalue weighted by molar-refractivity contribution is 9.10. The summed E-state index contributed by atoms with van der Waals surface area (Å²) < 4.78 is 3.25. The summed E-state index contributed by atoms with van der Waals surface area (Å²) >= 11 is 4.62. The molecule has 0 radical (unpaired) electrons. The first-order valence-corrected chi connectivity index (χ1v) is 8.76. The van der Waals surface area contributed by atoms with Crippen LogP contribution in [0.3, 0.4) is 0 Å². The van der Waals surface area contributed by atoms with E-state index in [1.807, 2.05) is 30.3 Å². The van der Waals surface area contributed by atoms with Crippen LogP contribution in [-0.4, -0.2) is 21.6 Å². The number of hydrogen-bond acceptors (Lipinski definition) is 3. The van der Waals surface area contributed by atoms with Gasteiger partial charge in [-0.15, -0.1) is 0 Å². The number of benzene rings is 2. The maximum Gasteiger partial charge on any atom is 0.326 e. The number of thiazole rings is 1. The van der Waals surface area contributed by atoms with E-state index in [1.165, 1.54) is 11.3 Å². The van der Waals surface area contributed by atoms with Gasteiger partial charge in [0, 0.05) is 10.0 Å². The average Bonchev–Trinajstić information content (AvgIpc) is 2.91. The third-order valence-electron chi connectivity index (χ3n) is 3.55. The van der Waals surface area contributed by atoms with Crippen molar-refractivity contribution in [2.45, 2.75) is 13.0 Å². The van der Waals surface area contributed by atoms with Gasteiger partial charge in [0.15, 0.2) is 4.80 Å². The monoisotopic (exact) mass is 404 g/mol. The number of amides is 1. The van der Waals surface area contributed by atoms with E-state index in [2.05, 4.69) is 20.9 Å². The number of aliphatic carboxylic acids is 1. The summed E-state index contributed by atoms with van der Waals surface area (Å²) in [7, 11) is 0. The Balaban J connectivity index is 2.19. The summed E-state index contributed by atoms with van der Waals surface area (Å²) in [5.41, 5.74) is 1.19. The zero-order valence-corrected chi connectivity index (χ0v) is 15.0. The summed E-state index contributed by atoms with van der Waals surface area (Å²) in [5, 5.41) is 9.38. The highest BCUT2D eigenvalue weighted by Crippen LogP contribution is 2.21. The molecular weight excluding hydrogens is 392 g/mol. The highest BCUT2D eigenvalue weighted by atomic mass is 79.9. The van der Waals surface area contributed by atoms with Crippen molar-refractivity contribution in [3.8, 4) is 0 Å². The molecule has 3 rings (SSSR count). The van der Waals surface area contributed by atoms with Gasteiger partial charge in [0.25, 0.3) is 5.91 Å². The summed E-state index contributed by atoms with van der Waals surface area (Å²) in [6.07, 6.45) is 0. The molecule has 0 bridgehead atoms. The lowest BCUT2D eigenvalue weighted by Gasteiger charge is -2.09. The van der Waals surface area contributed by atoms with Gasteiger partial charge in [0.1, 0.15) is 6.04 Å². The number of fused-ring (bicyclic) bond motifs is 1. The first-order valence-electron chi connectivity index (χ1n) is 7.15. The molecule has 1 atom stereocenters. The van der Waals surface area contributed by atoms with Gasteiger partial charge < -0.3 is 9.67 Å². The van der Waals surface area contributed by atoms with Crippen LogP contribution in [0.5, 0.6) is 0 Å². The number of nitrogens with zero attached hydrogens (tertiary/aromatic N) is 2. The van der Waals surface area contributed by atoms with Gasteiger partial charge in [-0.1, -0.05) is 45.5 Å². The summed E-state index contributed by atoms with van der Waals surface area (Å²) in [4.78, 5) is 28.4. The van der Waals surface area contributed by atoms with Crippen LogP contribution >= 0.6 is 27.3 Å². The van der Waals surface area contributed by atoms with Crippen molar-refractivity contribution in [3.63, 3.8) is 0 Å². The lowest BCUT2D eigenvalue weighted by molar-refractivity contribution is -0.140. The van der Waals surface area contributed by atoms with Crippen LogP contribution in [0.15, 0.2) is 58.0 Å². The van der Waals surface area contributed by atoms with E-state index >= 15 is 0 Å². The predicted octanol–water partition coefficient (Wildman–Crippen LogP) is 3.85. The summed E-state index contributed by atoms with van der Waals surface area (Å²) in [5.74, 6) is -1.39. The minimum Gasteiger partial charge on any atom is -0.480 e. The molecule has 1 unspecified atom stereocenters. The van der Waals surface area contributed by atoms with E-state index < -0.39 is 17.9 Å². The van der Waals surface area contributed by atoms with Gasteiger partial charge in [0.2, 0.25) is 0 Å². The van der Waals surface area contributed by atoms with Gasteiger partial charge in [0.05, 0.1) is 10.2 Å². The average molecular weight is 405 g/mol. The topological polar surface area (TPSA) is 71.7 Å². The maximum atomic E-state index is 12.4. The molecule has 24 heavy (non-hydrogen) atoms. The number of aromatic nitrogens is 1. The smallest absolute Gasteiger partial charge is 0.326 e. The number of halogens is 1. The van der Waals surface area contributed by atoms with E-state index in [1.54, 1.807) is 29.7 Å². The fraction of sp³-hybridized carbons (Fsp3) is 0.118. The standard InChI is InChI=1S/C17H13BrN2O3S/c1-10(16(22)23)20-13-7-2-3-8-14(13)24-17(20)19-15(21)11-5-4-6-12(18)9-11/h2-10H,1H3,(H,22,23)/b19-17-. The molecule has 2 aromatic carbocycles. The Kier molecular flexibility index (Phi) is 4.64. The highest BCUT2D eigenvalue weighted by Gasteiger charge is 2.19. The Morgan fingerprint density at radius 3 is 2.67 bits per heavy atom. The number of rotatable bonds is 3. The molecule has 7 heteroatoms. The largest absolute Gasteiger partial charge is 0.480 e. The van der Waals surface area contributed by atoms with E-state index in [-0.39, 0.29) is 0 Å². The first-order chi connectivity index (χ1) is 11.5. The molecule has 0 saturated heterocycles. The third kappa shape index (κ3) is 3.18. The van der Waals surface area contributed by atoms with Gasteiger partial charge in [-0.3, -0.25) is 4.79 Å². The van der Waals surface area contributed by atoms with Crippen molar-refractivity contribution < 1.29 is 14.7 Å². The minimum atomic E-state index is -0.977. The van der Waals surface area contributed by atoms with Crippen molar-refractivity contribution in [1.29, 1.82) is 0 Å². The van der Waals surface area contributed by atoms with E-state index in [0.717, 1.165) is 14.7 Å². The first kappa shape index (κ1) is 16.6. The predicted molar refractivity (Wildman–Crippen MR) is 96.2 cm³/mol. The van der Waals surface area contributed by atoms with Gasteiger partial charge >= 0.3 is 5.97 Å². The Bertz CT molecular complexity index is 1010. The molecule has 0 aliphatic carbocycles. The number of carboxylic acids is 1. The quantitative estimate of drug-likeness (QED) is 0.720. The minimum absolute atomic E-state index is 0.371. The van der Waals surface area contributed by atoms with Gasteiger partial charge in [-0.25, -0.2) is 4.79 Å². The molecule has 0 aliphatic heterocycles. The second kappa shape index (κ2) is 6.70. The third-order valence-corrected chi connectivity index (χ3v) is 5.07. The Labute approximate surface area is 150 Å². The van der Waals surface area contributed by atoms with E-state index in [0.29, 0.717) is 10.4 Å². The fourth-order valence-electron chi connectivity index (χ4n) is 2.33. The number of carbonyl (C=O) groups is 2. The van der Waals surface area contributed by atoms with Crippen LogP contribution in [0.25, 0.3) is 10.2 Å². The Morgan fingerprint density at radius 1 is 1.21 bits per heavy atom. The molecule has 1 aromatic heterocycles. The molecule has 1 N–H and O–H groups in total. The van der Waals surface area contributed by atoms with Gasteiger partial charge in [-0.05, 0) is 37.3 Å². The van der Waals surface area contributed by atoms with Crippen LogP contribution in [0, 0.1) is 0 Å². The second-order valence-corrected chi connectivity index (χ2v) is 7.09. The van der Waals surface area contributed by atoms with Crippen LogP contribution in [0.2, 0.25) is 0 Å². The SMILES string of the molecule is CC(C(=O)O)n1/c(=N/C(=O)c2cccc(Br)c2)sc2ccccc21. The zero-order chi connectivity index (χ0) is 17.3. The molecule has 1 heterocycles. The number of para-hydroxylation sites is 1. The summed E-state index contributed by atoms with van der Waals surface area (Å²) in [6, 6.07) is 13.5. The van der Waals surface area contributed by atoms with Crippen molar-refractivity contribution in [2.24, 2.45) is 4.99 Å². The van der Waals surface area contributed by atoms with Gasteiger partial charge in [-0.2, -0.15) is 4.99 Å². The molecule has 5 nitrogen and oxygen atoms in total. The number of hydrogen-bond donors (Lipinski definition) is 1. The van der Waals surface area contributed by atoms with E-state index in [9.17, 15) is 14.7 Å². The molecule has 0 fully saturated rings. The van der Waals surface area contributed by atoms with Crippen molar-refractivity contribution in [1.82, 2.24) is 4.57 Å². The van der Waals surface area contributed by atoms with Crippen molar-refractivity contribution >= 4 is 49.4 Å². The lowest BCUT2D eigenvalue weighted by atomic mass is 10.2. The second-order valence-electron chi connectivity index (χ2n) is 5.16. The maximum absolute atomic E-state index is 12.4. The molecule has 1 amide bonds. The number of carboxylic acid groups (broad SMARTS) is 1. The summed E-state index contributed by atoms with van der Waals surface area (Å²) in [6.45, 7) is 1.57. The van der Waals surface area contributed by atoms with E-state index in [4.69, 9.17) is 0 Å². The molecule has 122 valence electrons. The zero-order valence-electron chi connectivity index (χ0n) is 12.6. The number of carbonyl (C=O) groups excluding carboxylic acids is 1. The molecule has 0 spiro atoms. The Hall–Kier alpha value is -2.25. The lowest BCUT2D eigenvalue weighted by Crippen LogP contribution is -2.25. The molecule has 3 aromatic rings. The van der Waals surface area contributed by atoms with Crippen molar-refractivity contribution in [2.75, 3.05) is 0 Å². The van der Waals surface area contributed by atoms with Crippen LogP contribution in [-0.2, 0) is 4.79 Å². The van der Waals surface area contributed by atoms with Crippen molar-refractivity contribution in [3.05, 3.63) is 63.4 Å². The molecular formula is C17H13BrN2O3S. The Morgan fingerprint density at radius 2 is 1.96 bits per heavy atom. The normalized spacial score (nSPS) is 13.2. The van der Waals surface area contributed by atoms with Crippen LogP contribution < -0.4 is 4.80 Å². The van der Waals surface area contributed by atoms with Crippen LogP contribution in [0.4, 0.5) is 0 Å². The molecule has 0 saturated carbocycles.